The Balaban J connectivity index is 1.50. The van der Waals surface area contributed by atoms with Crippen LogP contribution in [0.4, 0.5) is 4.79 Å². The van der Waals surface area contributed by atoms with Crippen molar-refractivity contribution in [3.63, 3.8) is 0 Å². The first-order chi connectivity index (χ1) is 14.2. The van der Waals surface area contributed by atoms with Crippen LogP contribution in [0, 0.1) is 23.2 Å². The molecule has 0 aromatic carbocycles. The lowest BCUT2D eigenvalue weighted by atomic mass is 9.64. The predicted molar refractivity (Wildman–Crippen MR) is 127 cm³/mol. The van der Waals surface area contributed by atoms with E-state index < -0.39 is 0 Å². The number of urea groups is 1. The fourth-order valence-electron chi connectivity index (χ4n) is 6.34. The molecule has 1 aliphatic heterocycles. The number of halogens is 1. The standard InChI is InChI=1S/C25H46ClN3O/c1-18(2)23(28-24(30)27-21-8-6-5-7-9-21)16-29-15-14-22(25(3,4)17-29)19-10-12-20(26)13-11-19/h18-23H,5-17H2,1-4H3,(H2,27,28,30)/t19?,20?,22?,23-/m0/s1. The van der Waals surface area contributed by atoms with Crippen molar-refractivity contribution in [2.24, 2.45) is 23.2 Å². The molecule has 1 unspecified atom stereocenters. The number of piperidine rings is 1. The zero-order valence-electron chi connectivity index (χ0n) is 19.9. The van der Waals surface area contributed by atoms with Gasteiger partial charge in [-0.2, -0.15) is 0 Å². The second-order valence-electron chi connectivity index (χ2n) is 11.4. The van der Waals surface area contributed by atoms with Gasteiger partial charge in [-0.25, -0.2) is 4.79 Å². The molecule has 0 radical (unpaired) electrons. The zero-order valence-corrected chi connectivity index (χ0v) is 20.6. The van der Waals surface area contributed by atoms with Crippen molar-refractivity contribution in [2.75, 3.05) is 19.6 Å². The van der Waals surface area contributed by atoms with Gasteiger partial charge in [-0.15, -0.1) is 11.6 Å². The topological polar surface area (TPSA) is 44.4 Å². The molecule has 2 aliphatic carbocycles. The molecule has 2 atom stereocenters. The molecule has 0 aromatic heterocycles. The Bertz CT molecular complexity index is 539. The van der Waals surface area contributed by atoms with E-state index >= 15 is 0 Å². The fourth-order valence-corrected chi connectivity index (χ4v) is 6.59. The highest BCUT2D eigenvalue weighted by molar-refractivity contribution is 6.20. The molecular formula is C25H46ClN3O. The summed E-state index contributed by atoms with van der Waals surface area (Å²) in [5, 5.41) is 6.95. The third-order valence-corrected chi connectivity index (χ3v) is 8.61. The van der Waals surface area contributed by atoms with Gasteiger partial charge in [0.05, 0.1) is 0 Å². The van der Waals surface area contributed by atoms with Gasteiger partial charge in [-0.3, -0.25) is 0 Å². The van der Waals surface area contributed by atoms with Crippen molar-refractivity contribution in [3.8, 4) is 0 Å². The molecule has 2 amide bonds. The summed E-state index contributed by atoms with van der Waals surface area (Å²) in [5.41, 5.74) is 0.327. The first-order valence-electron chi connectivity index (χ1n) is 12.7. The van der Waals surface area contributed by atoms with E-state index in [2.05, 4.69) is 43.2 Å². The molecule has 3 fully saturated rings. The lowest BCUT2D eigenvalue weighted by Gasteiger charge is -2.49. The summed E-state index contributed by atoms with van der Waals surface area (Å²) in [7, 11) is 0. The van der Waals surface area contributed by atoms with Crippen LogP contribution in [0.1, 0.15) is 91.9 Å². The van der Waals surface area contributed by atoms with Gasteiger partial charge in [0, 0.05) is 30.6 Å². The van der Waals surface area contributed by atoms with Crippen LogP contribution in [0.2, 0.25) is 0 Å². The normalized spacial score (nSPS) is 32.0. The minimum atomic E-state index is 0.0348. The Kier molecular flexibility index (Phi) is 8.78. The van der Waals surface area contributed by atoms with Crippen LogP contribution < -0.4 is 10.6 Å². The summed E-state index contributed by atoms with van der Waals surface area (Å²) in [5.74, 6) is 2.08. The molecule has 0 spiro atoms. The first-order valence-corrected chi connectivity index (χ1v) is 13.1. The third kappa shape index (κ3) is 6.76. The van der Waals surface area contributed by atoms with Gasteiger partial charge in [0.1, 0.15) is 0 Å². The quantitative estimate of drug-likeness (QED) is 0.514. The van der Waals surface area contributed by atoms with Gasteiger partial charge in [0.25, 0.3) is 0 Å². The summed E-state index contributed by atoms with van der Waals surface area (Å²) in [4.78, 5) is 15.2. The van der Waals surface area contributed by atoms with E-state index in [4.69, 9.17) is 11.6 Å². The van der Waals surface area contributed by atoms with E-state index in [1.165, 1.54) is 51.4 Å². The van der Waals surface area contributed by atoms with Crippen LogP contribution >= 0.6 is 11.6 Å². The van der Waals surface area contributed by atoms with E-state index in [0.29, 0.717) is 22.8 Å². The highest BCUT2D eigenvalue weighted by Crippen LogP contribution is 2.45. The number of alkyl halides is 1. The average molecular weight is 440 g/mol. The van der Waals surface area contributed by atoms with Gasteiger partial charge in [0.2, 0.25) is 0 Å². The van der Waals surface area contributed by atoms with Gasteiger partial charge >= 0.3 is 6.03 Å². The molecule has 2 saturated carbocycles. The number of hydrogen-bond donors (Lipinski definition) is 2. The van der Waals surface area contributed by atoms with Crippen molar-refractivity contribution in [1.82, 2.24) is 15.5 Å². The average Bonchev–Trinajstić information content (AvgIpc) is 2.68. The number of nitrogens with one attached hydrogen (secondary N) is 2. The van der Waals surface area contributed by atoms with E-state index in [1.54, 1.807) is 0 Å². The molecule has 5 heteroatoms. The monoisotopic (exact) mass is 439 g/mol. The van der Waals surface area contributed by atoms with Crippen LogP contribution in [-0.4, -0.2) is 48.0 Å². The zero-order chi connectivity index (χ0) is 21.7. The molecule has 1 saturated heterocycles. The summed E-state index contributed by atoms with van der Waals surface area (Å²) in [6.45, 7) is 12.6. The van der Waals surface area contributed by atoms with E-state index in [1.807, 2.05) is 0 Å². The smallest absolute Gasteiger partial charge is 0.315 e. The number of rotatable bonds is 6. The maximum Gasteiger partial charge on any atom is 0.315 e. The van der Waals surface area contributed by atoms with Gasteiger partial charge in [-0.05, 0) is 74.7 Å². The maximum absolute atomic E-state index is 12.6. The Morgan fingerprint density at radius 2 is 1.70 bits per heavy atom. The summed E-state index contributed by atoms with van der Waals surface area (Å²) >= 11 is 6.36. The number of carbonyl (C=O) groups excluding carboxylic acids is 1. The van der Waals surface area contributed by atoms with Crippen molar-refractivity contribution in [3.05, 3.63) is 0 Å². The maximum atomic E-state index is 12.6. The molecule has 4 nitrogen and oxygen atoms in total. The minimum absolute atomic E-state index is 0.0348. The first kappa shape index (κ1) is 24.2. The minimum Gasteiger partial charge on any atom is -0.335 e. The van der Waals surface area contributed by atoms with Gasteiger partial charge < -0.3 is 15.5 Å². The van der Waals surface area contributed by atoms with Crippen LogP contribution in [0.15, 0.2) is 0 Å². The number of amides is 2. The lowest BCUT2D eigenvalue weighted by molar-refractivity contribution is 0.00543. The van der Waals surface area contributed by atoms with Gasteiger partial charge in [0.15, 0.2) is 0 Å². The lowest BCUT2D eigenvalue weighted by Crippen LogP contribution is -2.55. The SMILES string of the molecule is CC(C)[C@H](CN1CCC(C2CCC(Cl)CC2)C(C)(C)C1)NC(=O)NC1CCCCC1. The van der Waals surface area contributed by atoms with E-state index in [0.717, 1.165) is 44.3 Å². The van der Waals surface area contributed by atoms with Crippen molar-refractivity contribution < 1.29 is 4.79 Å². The number of carbonyl (C=O) groups is 1. The van der Waals surface area contributed by atoms with Crippen LogP contribution in [0.5, 0.6) is 0 Å². The van der Waals surface area contributed by atoms with Crippen LogP contribution in [0.3, 0.4) is 0 Å². The Morgan fingerprint density at radius 1 is 1.03 bits per heavy atom. The molecule has 30 heavy (non-hydrogen) atoms. The largest absolute Gasteiger partial charge is 0.335 e. The molecule has 0 aromatic rings. The predicted octanol–water partition coefficient (Wildman–Crippen LogP) is 5.79. The molecule has 3 aliphatic rings. The highest BCUT2D eigenvalue weighted by Gasteiger charge is 2.41. The summed E-state index contributed by atoms with van der Waals surface area (Å²) in [6.07, 6.45) is 12.3. The van der Waals surface area contributed by atoms with Crippen molar-refractivity contribution >= 4 is 17.6 Å². The summed E-state index contributed by atoms with van der Waals surface area (Å²) in [6, 6.07) is 0.601. The van der Waals surface area contributed by atoms with Crippen molar-refractivity contribution in [1.29, 1.82) is 0 Å². The molecule has 1 heterocycles. The molecular weight excluding hydrogens is 394 g/mol. The summed E-state index contributed by atoms with van der Waals surface area (Å²) < 4.78 is 0. The molecule has 0 bridgehead atoms. The Labute approximate surface area is 190 Å². The number of hydrogen-bond acceptors (Lipinski definition) is 2. The van der Waals surface area contributed by atoms with Crippen LogP contribution in [0.25, 0.3) is 0 Å². The highest BCUT2D eigenvalue weighted by atomic mass is 35.5. The Morgan fingerprint density at radius 3 is 2.30 bits per heavy atom. The molecule has 3 rings (SSSR count). The second-order valence-corrected chi connectivity index (χ2v) is 12.1. The van der Waals surface area contributed by atoms with Crippen LogP contribution in [-0.2, 0) is 0 Å². The third-order valence-electron chi connectivity index (χ3n) is 8.18. The van der Waals surface area contributed by atoms with Gasteiger partial charge in [-0.1, -0.05) is 47.0 Å². The van der Waals surface area contributed by atoms with Crippen molar-refractivity contribution in [2.45, 2.75) is 109 Å². The number of likely N-dealkylation sites (tertiary alicyclic amines) is 1. The fraction of sp³-hybridized carbons (Fsp3) is 0.960. The van der Waals surface area contributed by atoms with E-state index in [-0.39, 0.29) is 12.1 Å². The van der Waals surface area contributed by atoms with E-state index in [9.17, 15) is 4.79 Å². The Hall–Kier alpha value is -0.480. The molecule has 174 valence electrons. The second kappa shape index (κ2) is 10.9. The molecule has 2 N–H and O–H groups in total. The number of nitrogens with zero attached hydrogens (tertiary/aromatic N) is 1.